The summed E-state index contributed by atoms with van der Waals surface area (Å²) in [6.07, 6.45) is 0. The highest BCUT2D eigenvalue weighted by Crippen LogP contribution is 2.23. The molecule has 2 rings (SSSR count). The van der Waals surface area contributed by atoms with Crippen LogP contribution in [-0.2, 0) is 13.2 Å². The first-order valence-corrected chi connectivity index (χ1v) is 5.45. The number of rotatable bonds is 4. The number of aliphatic hydroxyl groups excluding tert-OH is 1. The molecule has 17 heavy (non-hydrogen) atoms. The second-order valence-electron chi connectivity index (χ2n) is 3.80. The smallest absolute Gasteiger partial charge is 0.143 e. The second kappa shape index (κ2) is 5.37. The highest BCUT2D eigenvalue weighted by atomic mass is 16.5. The number of anilines is 1. The van der Waals surface area contributed by atoms with Gasteiger partial charge in [0.25, 0.3) is 0 Å². The van der Waals surface area contributed by atoms with E-state index in [4.69, 9.17) is 15.6 Å². The van der Waals surface area contributed by atoms with Gasteiger partial charge in [0.05, 0.1) is 12.3 Å². The summed E-state index contributed by atoms with van der Waals surface area (Å²) < 4.78 is 5.63. The van der Waals surface area contributed by atoms with Gasteiger partial charge in [0, 0.05) is 0 Å². The van der Waals surface area contributed by atoms with Gasteiger partial charge >= 0.3 is 0 Å². The lowest BCUT2D eigenvalue weighted by Gasteiger charge is -2.10. The summed E-state index contributed by atoms with van der Waals surface area (Å²) in [5.74, 6) is 0.611. The van der Waals surface area contributed by atoms with Crippen molar-refractivity contribution in [1.82, 2.24) is 0 Å². The number of ether oxygens (including phenoxy) is 1. The van der Waals surface area contributed by atoms with Gasteiger partial charge in [-0.3, -0.25) is 0 Å². The molecule has 0 amide bonds. The monoisotopic (exact) mass is 229 g/mol. The van der Waals surface area contributed by atoms with E-state index in [9.17, 15) is 0 Å². The van der Waals surface area contributed by atoms with Crippen LogP contribution in [0.1, 0.15) is 11.1 Å². The molecule has 0 saturated carbocycles. The molecule has 0 aliphatic rings. The molecule has 88 valence electrons. The lowest BCUT2D eigenvalue weighted by molar-refractivity contribution is 0.278. The SMILES string of the molecule is Nc1ccc(CO)cc1OCc1ccccc1. The van der Waals surface area contributed by atoms with E-state index >= 15 is 0 Å². The highest BCUT2D eigenvalue weighted by Gasteiger charge is 2.02. The van der Waals surface area contributed by atoms with Crippen LogP contribution in [0.4, 0.5) is 5.69 Å². The second-order valence-corrected chi connectivity index (χ2v) is 3.80. The van der Waals surface area contributed by atoms with Crippen molar-refractivity contribution in [2.45, 2.75) is 13.2 Å². The minimum absolute atomic E-state index is 0.0119. The molecule has 0 aliphatic carbocycles. The Kier molecular flexibility index (Phi) is 3.62. The normalized spacial score (nSPS) is 10.2. The summed E-state index contributed by atoms with van der Waals surface area (Å²) in [5, 5.41) is 9.04. The molecular formula is C14H15NO2. The molecule has 3 N–H and O–H groups in total. The van der Waals surface area contributed by atoms with E-state index in [1.807, 2.05) is 30.3 Å². The zero-order valence-electron chi connectivity index (χ0n) is 9.47. The van der Waals surface area contributed by atoms with Gasteiger partial charge in [0.2, 0.25) is 0 Å². The maximum Gasteiger partial charge on any atom is 0.143 e. The minimum atomic E-state index is -0.0119. The number of hydrogen-bond donors (Lipinski definition) is 2. The van der Waals surface area contributed by atoms with E-state index in [0.717, 1.165) is 11.1 Å². The van der Waals surface area contributed by atoms with E-state index < -0.39 is 0 Å². The van der Waals surface area contributed by atoms with Crippen LogP contribution in [0.2, 0.25) is 0 Å². The Bertz CT molecular complexity index is 483. The first kappa shape index (κ1) is 11.5. The van der Waals surface area contributed by atoms with Crippen molar-refractivity contribution in [2.24, 2.45) is 0 Å². The molecule has 0 atom stereocenters. The summed E-state index contributed by atoms with van der Waals surface area (Å²) in [6.45, 7) is 0.460. The molecule has 0 unspecified atom stereocenters. The molecule has 0 fully saturated rings. The van der Waals surface area contributed by atoms with Gasteiger partial charge in [-0.1, -0.05) is 36.4 Å². The van der Waals surface area contributed by atoms with Crippen LogP contribution in [0, 0.1) is 0 Å². The van der Waals surface area contributed by atoms with E-state index in [1.165, 1.54) is 0 Å². The van der Waals surface area contributed by atoms with Gasteiger partial charge in [0.15, 0.2) is 0 Å². The van der Waals surface area contributed by atoms with Crippen molar-refractivity contribution in [3.05, 3.63) is 59.7 Å². The van der Waals surface area contributed by atoms with Crippen LogP contribution in [0.3, 0.4) is 0 Å². The molecule has 0 heterocycles. The predicted octanol–water partition coefficient (Wildman–Crippen LogP) is 2.34. The molecule has 3 nitrogen and oxygen atoms in total. The average molecular weight is 229 g/mol. The Hall–Kier alpha value is -2.00. The van der Waals surface area contributed by atoms with Crippen LogP contribution < -0.4 is 10.5 Å². The van der Waals surface area contributed by atoms with Crippen molar-refractivity contribution in [3.63, 3.8) is 0 Å². The van der Waals surface area contributed by atoms with Crippen LogP contribution >= 0.6 is 0 Å². The van der Waals surface area contributed by atoms with E-state index in [0.29, 0.717) is 18.0 Å². The fraction of sp³-hybridized carbons (Fsp3) is 0.143. The Labute approximate surface area is 100 Å². The van der Waals surface area contributed by atoms with Crippen LogP contribution in [0.15, 0.2) is 48.5 Å². The molecule has 0 radical (unpaired) electrons. The lowest BCUT2D eigenvalue weighted by Crippen LogP contribution is -1.99. The average Bonchev–Trinajstić information content (AvgIpc) is 2.39. The minimum Gasteiger partial charge on any atom is -0.487 e. The quantitative estimate of drug-likeness (QED) is 0.791. The van der Waals surface area contributed by atoms with Crippen molar-refractivity contribution < 1.29 is 9.84 Å². The summed E-state index contributed by atoms with van der Waals surface area (Å²) in [5.41, 5.74) is 8.26. The Morgan fingerprint density at radius 1 is 1.00 bits per heavy atom. The molecule has 0 aliphatic heterocycles. The van der Waals surface area contributed by atoms with Crippen LogP contribution in [-0.4, -0.2) is 5.11 Å². The Morgan fingerprint density at radius 2 is 1.76 bits per heavy atom. The number of nitrogen functional groups attached to an aromatic ring is 1. The van der Waals surface area contributed by atoms with Gasteiger partial charge < -0.3 is 15.6 Å². The van der Waals surface area contributed by atoms with Crippen LogP contribution in [0.25, 0.3) is 0 Å². The third kappa shape index (κ3) is 2.98. The standard InChI is InChI=1S/C14H15NO2/c15-13-7-6-12(9-16)8-14(13)17-10-11-4-2-1-3-5-11/h1-8,16H,9-10,15H2. The maximum absolute atomic E-state index is 9.04. The van der Waals surface area contributed by atoms with E-state index in [1.54, 1.807) is 18.2 Å². The molecule has 2 aromatic carbocycles. The van der Waals surface area contributed by atoms with Gasteiger partial charge in [-0.2, -0.15) is 0 Å². The largest absolute Gasteiger partial charge is 0.487 e. The van der Waals surface area contributed by atoms with Crippen LogP contribution in [0.5, 0.6) is 5.75 Å². The van der Waals surface area contributed by atoms with Gasteiger partial charge in [-0.25, -0.2) is 0 Å². The first-order valence-electron chi connectivity index (χ1n) is 5.45. The fourth-order valence-corrected chi connectivity index (χ4v) is 1.54. The Balaban J connectivity index is 2.08. The van der Waals surface area contributed by atoms with Gasteiger partial charge in [-0.15, -0.1) is 0 Å². The van der Waals surface area contributed by atoms with Crippen molar-refractivity contribution in [3.8, 4) is 5.75 Å². The summed E-state index contributed by atoms with van der Waals surface area (Å²) >= 11 is 0. The third-order valence-electron chi connectivity index (χ3n) is 2.50. The van der Waals surface area contributed by atoms with E-state index in [2.05, 4.69) is 0 Å². The van der Waals surface area contributed by atoms with Crippen molar-refractivity contribution in [1.29, 1.82) is 0 Å². The van der Waals surface area contributed by atoms with Gasteiger partial charge in [0.1, 0.15) is 12.4 Å². The molecular weight excluding hydrogens is 214 g/mol. The van der Waals surface area contributed by atoms with Gasteiger partial charge in [-0.05, 0) is 23.3 Å². The molecule has 0 spiro atoms. The number of hydrogen-bond acceptors (Lipinski definition) is 3. The summed E-state index contributed by atoms with van der Waals surface area (Å²) in [7, 11) is 0. The molecule has 3 heteroatoms. The Morgan fingerprint density at radius 3 is 2.47 bits per heavy atom. The van der Waals surface area contributed by atoms with Crippen molar-refractivity contribution in [2.75, 3.05) is 5.73 Å². The molecule has 0 saturated heterocycles. The zero-order chi connectivity index (χ0) is 12.1. The summed E-state index contributed by atoms with van der Waals surface area (Å²) in [4.78, 5) is 0. The van der Waals surface area contributed by atoms with Crippen molar-refractivity contribution >= 4 is 5.69 Å². The topological polar surface area (TPSA) is 55.5 Å². The summed E-state index contributed by atoms with van der Waals surface area (Å²) in [6, 6.07) is 15.2. The first-order chi connectivity index (χ1) is 8.29. The third-order valence-corrected chi connectivity index (χ3v) is 2.50. The predicted molar refractivity (Wildman–Crippen MR) is 67.6 cm³/mol. The molecule has 0 aromatic heterocycles. The molecule has 2 aromatic rings. The number of benzene rings is 2. The van der Waals surface area contributed by atoms with E-state index in [-0.39, 0.29) is 6.61 Å². The fourth-order valence-electron chi connectivity index (χ4n) is 1.54. The molecule has 0 bridgehead atoms. The maximum atomic E-state index is 9.04. The number of nitrogens with two attached hydrogens (primary N) is 1. The number of aliphatic hydroxyl groups is 1. The highest BCUT2D eigenvalue weighted by molar-refractivity contribution is 5.53. The lowest BCUT2D eigenvalue weighted by atomic mass is 10.2. The zero-order valence-corrected chi connectivity index (χ0v) is 9.47.